The van der Waals surface area contributed by atoms with E-state index in [0.29, 0.717) is 11.4 Å². The Kier molecular flexibility index (Phi) is 4.07. The predicted molar refractivity (Wildman–Crippen MR) is 72.9 cm³/mol. The summed E-state index contributed by atoms with van der Waals surface area (Å²) in [6.45, 7) is 0. The van der Waals surface area contributed by atoms with E-state index in [9.17, 15) is 9.18 Å². The summed E-state index contributed by atoms with van der Waals surface area (Å²) < 4.78 is 17.4. The van der Waals surface area contributed by atoms with Crippen LogP contribution in [0.2, 0.25) is 0 Å². The molecular weight excluding hydrogens is 316 g/mol. The Balaban J connectivity index is 2.33. The summed E-state index contributed by atoms with van der Waals surface area (Å²) in [5, 5.41) is 3.71. The van der Waals surface area contributed by atoms with Crippen molar-refractivity contribution in [3.05, 3.63) is 41.1 Å². The molecular formula is C10H8Cl2FN3O2S. The summed E-state index contributed by atoms with van der Waals surface area (Å²) in [4.78, 5) is 11.9. The fourth-order valence-electron chi connectivity index (χ4n) is 1.37. The van der Waals surface area contributed by atoms with Crippen LogP contribution < -0.4 is 10.4 Å². The Morgan fingerprint density at radius 2 is 2.00 bits per heavy atom. The predicted octanol–water partition coefficient (Wildman–Crippen LogP) is 2.60. The molecule has 1 aromatic heterocycles. The van der Waals surface area contributed by atoms with Crippen molar-refractivity contribution in [1.29, 1.82) is 0 Å². The Bertz CT molecular complexity index is 621. The molecule has 0 bridgehead atoms. The maximum Gasteiger partial charge on any atom is 0.361 e. The molecule has 5 nitrogen and oxygen atoms in total. The van der Waals surface area contributed by atoms with Crippen molar-refractivity contribution in [2.45, 2.75) is 3.92 Å². The highest BCUT2D eigenvalue weighted by atomic mass is 35.5. The molecule has 2 aromatic rings. The fraction of sp³-hybridized carbons (Fsp3) is 0.200. The minimum atomic E-state index is -2.62. The van der Waals surface area contributed by atoms with E-state index in [4.69, 9.17) is 27.9 Å². The van der Waals surface area contributed by atoms with Crippen LogP contribution in [0, 0.1) is 0 Å². The van der Waals surface area contributed by atoms with Crippen LogP contribution in [-0.2, 0) is 0 Å². The lowest BCUT2D eigenvalue weighted by Crippen LogP contribution is -2.22. The monoisotopic (exact) mass is 323 g/mol. The van der Waals surface area contributed by atoms with Crippen LogP contribution in [0.25, 0.3) is 5.69 Å². The van der Waals surface area contributed by atoms with Crippen LogP contribution >= 0.6 is 35.1 Å². The van der Waals surface area contributed by atoms with Crippen LogP contribution in [0.5, 0.6) is 5.75 Å². The van der Waals surface area contributed by atoms with Gasteiger partial charge in [0, 0.05) is 0 Å². The van der Waals surface area contributed by atoms with Gasteiger partial charge < -0.3 is 4.74 Å². The summed E-state index contributed by atoms with van der Waals surface area (Å²) in [7, 11) is 1.54. The summed E-state index contributed by atoms with van der Waals surface area (Å²) in [6.07, 6.45) is 1.25. The highest BCUT2D eigenvalue weighted by Gasteiger charge is 2.27. The molecule has 0 fully saturated rings. The Labute approximate surface area is 122 Å². The molecule has 0 aliphatic carbocycles. The van der Waals surface area contributed by atoms with Gasteiger partial charge in [0.15, 0.2) is 0 Å². The number of hydrogen-bond acceptors (Lipinski definition) is 4. The van der Waals surface area contributed by atoms with E-state index in [1.807, 2.05) is 0 Å². The third-order valence-electron chi connectivity index (χ3n) is 2.18. The Morgan fingerprint density at radius 1 is 1.37 bits per heavy atom. The lowest BCUT2D eigenvalue weighted by Gasteiger charge is -2.05. The molecule has 2 rings (SSSR count). The maximum atomic E-state index is 13.0. The number of alkyl halides is 3. The molecule has 1 aromatic carbocycles. The number of rotatable bonds is 4. The number of ether oxygens (including phenoxy) is 1. The molecule has 1 heterocycles. The molecule has 0 aliphatic heterocycles. The van der Waals surface area contributed by atoms with Gasteiger partial charge in [-0.25, -0.2) is 9.36 Å². The van der Waals surface area contributed by atoms with E-state index in [-0.39, 0.29) is 11.9 Å². The van der Waals surface area contributed by atoms with E-state index in [2.05, 4.69) is 5.10 Å². The van der Waals surface area contributed by atoms with Gasteiger partial charge in [-0.3, -0.25) is 0 Å². The second-order valence-electron chi connectivity index (χ2n) is 3.39. The normalized spacial score (nSPS) is 11.6. The first-order valence-corrected chi connectivity index (χ1v) is 6.51. The molecule has 0 amide bonds. The molecule has 0 N–H and O–H groups in total. The van der Waals surface area contributed by atoms with E-state index >= 15 is 0 Å². The minimum absolute atomic E-state index is 0.262. The lowest BCUT2D eigenvalue weighted by molar-refractivity contribution is 0.414. The summed E-state index contributed by atoms with van der Waals surface area (Å²) in [5.74, 6) is 0.655. The van der Waals surface area contributed by atoms with Crippen LogP contribution in [0.4, 0.5) is 4.39 Å². The average molecular weight is 324 g/mol. The van der Waals surface area contributed by atoms with Gasteiger partial charge in [0.1, 0.15) is 12.1 Å². The molecule has 0 radical (unpaired) electrons. The van der Waals surface area contributed by atoms with Crippen LogP contribution in [-0.4, -0.2) is 24.8 Å². The SMILES string of the molecule is COc1ccc(-n2cnn(SC(F)(Cl)Cl)c2=O)cc1. The molecule has 0 saturated heterocycles. The average Bonchev–Trinajstić information content (AvgIpc) is 2.69. The third kappa shape index (κ3) is 3.43. The molecule has 9 heteroatoms. The van der Waals surface area contributed by atoms with Gasteiger partial charge in [-0.15, -0.1) is 9.19 Å². The van der Waals surface area contributed by atoms with Crippen molar-refractivity contribution < 1.29 is 9.13 Å². The van der Waals surface area contributed by atoms with Crippen LogP contribution in [0.1, 0.15) is 0 Å². The quantitative estimate of drug-likeness (QED) is 0.811. The summed E-state index contributed by atoms with van der Waals surface area (Å²) in [5.41, 5.74) is -0.00950. The van der Waals surface area contributed by atoms with Gasteiger partial charge in [0.25, 0.3) is 0 Å². The lowest BCUT2D eigenvalue weighted by atomic mass is 10.3. The second kappa shape index (κ2) is 5.44. The highest BCUT2D eigenvalue weighted by molar-refractivity contribution is 8.01. The van der Waals surface area contributed by atoms with E-state index in [0.717, 1.165) is 4.09 Å². The Morgan fingerprint density at radius 3 is 2.53 bits per heavy atom. The molecule has 102 valence electrons. The highest BCUT2D eigenvalue weighted by Crippen LogP contribution is 2.35. The Hall–Kier alpha value is -1.18. The van der Waals surface area contributed by atoms with Gasteiger partial charge in [-0.2, -0.15) is 4.39 Å². The topological polar surface area (TPSA) is 49.0 Å². The number of halogens is 3. The largest absolute Gasteiger partial charge is 0.497 e. The summed E-state index contributed by atoms with van der Waals surface area (Å²) >= 11 is 10.6. The molecule has 0 unspecified atom stereocenters. The number of hydrogen-bond donors (Lipinski definition) is 0. The van der Waals surface area contributed by atoms with Crippen LogP contribution in [0.3, 0.4) is 0 Å². The molecule has 0 spiro atoms. The molecule has 19 heavy (non-hydrogen) atoms. The first-order chi connectivity index (χ1) is 8.90. The first-order valence-electron chi connectivity index (χ1n) is 4.98. The van der Waals surface area contributed by atoms with Crippen molar-refractivity contribution in [1.82, 2.24) is 13.8 Å². The zero-order chi connectivity index (χ0) is 14.0. The van der Waals surface area contributed by atoms with Crippen molar-refractivity contribution in [3.63, 3.8) is 0 Å². The van der Waals surface area contributed by atoms with E-state index < -0.39 is 9.61 Å². The van der Waals surface area contributed by atoms with Gasteiger partial charge in [0.2, 0.25) is 0 Å². The van der Waals surface area contributed by atoms with E-state index in [1.165, 1.54) is 18.0 Å². The second-order valence-corrected chi connectivity index (χ2v) is 6.17. The third-order valence-corrected chi connectivity index (χ3v) is 3.23. The van der Waals surface area contributed by atoms with Crippen molar-refractivity contribution in [2.24, 2.45) is 0 Å². The minimum Gasteiger partial charge on any atom is -0.497 e. The van der Waals surface area contributed by atoms with Crippen LogP contribution in [0.15, 0.2) is 35.4 Å². The van der Waals surface area contributed by atoms with Crippen molar-refractivity contribution in [3.8, 4) is 11.4 Å². The maximum absolute atomic E-state index is 13.0. The number of nitrogens with zero attached hydrogens (tertiary/aromatic N) is 3. The van der Waals surface area contributed by atoms with Gasteiger partial charge in [0.05, 0.1) is 24.7 Å². The fourth-order valence-corrected chi connectivity index (χ4v) is 2.21. The van der Waals surface area contributed by atoms with E-state index in [1.54, 1.807) is 24.3 Å². The number of methoxy groups -OCH3 is 1. The molecule has 0 saturated carbocycles. The van der Waals surface area contributed by atoms with Gasteiger partial charge in [-0.05, 0) is 24.3 Å². The smallest absolute Gasteiger partial charge is 0.361 e. The zero-order valence-corrected chi connectivity index (χ0v) is 11.9. The van der Waals surface area contributed by atoms with Crippen molar-refractivity contribution in [2.75, 3.05) is 7.11 Å². The standard InChI is InChI=1S/C10H8Cl2FN3O2S/c1-18-8-4-2-7(3-5-8)15-6-14-16(9(15)17)19-10(11,12)13/h2-6H,1H3. The molecule has 0 atom stereocenters. The molecule has 0 aliphatic rings. The number of benzene rings is 1. The zero-order valence-electron chi connectivity index (χ0n) is 9.59. The van der Waals surface area contributed by atoms with Crippen molar-refractivity contribution >= 4 is 35.1 Å². The summed E-state index contributed by atoms with van der Waals surface area (Å²) in [6, 6.07) is 6.71. The first kappa shape index (κ1) is 14.2. The number of aromatic nitrogens is 3. The van der Waals surface area contributed by atoms with Gasteiger partial charge >= 0.3 is 9.61 Å². The van der Waals surface area contributed by atoms with Gasteiger partial charge in [-0.1, -0.05) is 23.2 Å².